The van der Waals surface area contributed by atoms with E-state index in [1.54, 1.807) is 0 Å². The van der Waals surface area contributed by atoms with Crippen molar-refractivity contribution in [3.63, 3.8) is 0 Å². The van der Waals surface area contributed by atoms with Crippen molar-refractivity contribution in [2.24, 2.45) is 11.8 Å². The van der Waals surface area contributed by atoms with Crippen molar-refractivity contribution in [1.82, 2.24) is 0 Å². The molecule has 0 heteroatoms. The molecule has 1 unspecified atom stereocenters. The van der Waals surface area contributed by atoms with Gasteiger partial charge in [0.1, 0.15) is 0 Å². The normalized spacial score (nSPS) is 50.7. The molecule has 1 rings (SSSR count). The summed E-state index contributed by atoms with van der Waals surface area (Å²) in [5, 5.41) is 0. The second-order valence-electron chi connectivity index (χ2n) is 2.21. The van der Waals surface area contributed by atoms with E-state index in [-0.39, 0.29) is 6.40 Å². The van der Waals surface area contributed by atoms with Crippen molar-refractivity contribution < 1.29 is 1.37 Å². The average molecular weight is 85.2 g/mol. The van der Waals surface area contributed by atoms with Crippen molar-refractivity contribution >= 4 is 0 Å². The fourth-order valence-corrected chi connectivity index (χ4v) is 0.815. The number of hydrogen-bond acceptors (Lipinski definition) is 0. The molecule has 6 heavy (non-hydrogen) atoms. The first kappa shape index (κ1) is 3.06. The summed E-state index contributed by atoms with van der Waals surface area (Å²) in [6, 6.07) is 0. The molecule has 0 bridgehead atoms. The Hall–Kier alpha value is 0. The summed E-state index contributed by atoms with van der Waals surface area (Å²) >= 11 is 0. The molecule has 0 aromatic heterocycles. The van der Waals surface area contributed by atoms with Crippen LogP contribution in [0.4, 0.5) is 0 Å². The fourth-order valence-electron chi connectivity index (χ4n) is 0.815. The molecule has 1 aliphatic carbocycles. The molecule has 3 atom stereocenters. The monoisotopic (exact) mass is 85.1 g/mol. The molecule has 1 fully saturated rings. The molecule has 0 amide bonds. The highest BCUT2D eigenvalue weighted by Gasteiger charge is 2.29. The van der Waals surface area contributed by atoms with Gasteiger partial charge in [-0.3, -0.25) is 0 Å². The van der Waals surface area contributed by atoms with E-state index in [0.29, 0.717) is 0 Å². The molecule has 0 N–H and O–H groups in total. The van der Waals surface area contributed by atoms with Gasteiger partial charge < -0.3 is 0 Å². The van der Waals surface area contributed by atoms with Gasteiger partial charge in [-0.15, -0.1) is 0 Å². The van der Waals surface area contributed by atoms with Crippen molar-refractivity contribution in [3.05, 3.63) is 0 Å². The number of rotatable bonds is 1. The minimum absolute atomic E-state index is 0.190. The molecule has 1 saturated carbocycles. The highest BCUT2D eigenvalue weighted by atomic mass is 14.3. The maximum atomic E-state index is 7.23. The summed E-state index contributed by atoms with van der Waals surface area (Å²) in [5.41, 5.74) is 0. The average Bonchev–Trinajstić information content (AvgIpc) is 2.17. The van der Waals surface area contributed by atoms with Crippen molar-refractivity contribution in [3.8, 4) is 0 Å². The Morgan fingerprint density at radius 2 is 2.50 bits per heavy atom. The molecule has 0 saturated heterocycles. The molecule has 0 aliphatic heterocycles. The first-order valence-corrected chi connectivity index (χ1v) is 2.64. The smallest absolute Gasteiger partial charge is 0.0267 e. The van der Waals surface area contributed by atoms with Crippen molar-refractivity contribution in [1.29, 1.82) is 0 Å². The topological polar surface area (TPSA) is 0 Å². The number of hydrogen-bond donors (Lipinski definition) is 0. The quantitative estimate of drug-likeness (QED) is 0.457. The van der Waals surface area contributed by atoms with Crippen LogP contribution in [0.1, 0.15) is 28.0 Å². The third kappa shape index (κ3) is 0.562. The first-order valence-electron chi connectivity index (χ1n) is 3.22. The second kappa shape index (κ2) is 1.25. The zero-order valence-corrected chi connectivity index (χ0v) is 4.44. The minimum Gasteiger partial charge on any atom is -0.0651 e. The Morgan fingerprint density at radius 3 is 2.50 bits per heavy atom. The predicted molar refractivity (Wildman–Crippen MR) is 27.6 cm³/mol. The Morgan fingerprint density at radius 1 is 2.00 bits per heavy atom. The highest BCUT2D eigenvalue weighted by Crippen LogP contribution is 2.39. The van der Waals surface area contributed by atoms with Crippen LogP contribution in [0.2, 0.25) is 0 Å². The van der Waals surface area contributed by atoms with Gasteiger partial charge in [-0.2, -0.15) is 0 Å². The van der Waals surface area contributed by atoms with Gasteiger partial charge in [0.2, 0.25) is 0 Å². The molecule has 0 aromatic carbocycles. The molecule has 0 radical (unpaired) electrons. The van der Waals surface area contributed by atoms with Gasteiger partial charge in [0.05, 0.1) is 0 Å². The predicted octanol–water partition coefficient (Wildman–Crippen LogP) is 2.05. The van der Waals surface area contributed by atoms with E-state index in [2.05, 4.69) is 6.92 Å². The van der Waals surface area contributed by atoms with Gasteiger partial charge in [-0.25, -0.2) is 0 Å². The van der Waals surface area contributed by atoms with Gasteiger partial charge in [0, 0.05) is 1.37 Å². The summed E-state index contributed by atoms with van der Waals surface area (Å²) in [5.74, 6) is 1.59. The molecule has 0 spiro atoms. The SMILES string of the molecule is [2H]C(C)[C@H]1C[C@@H]1C. The molecule has 1 aliphatic rings. The minimum atomic E-state index is 0.190. The molecule has 36 valence electrons. The van der Waals surface area contributed by atoms with Crippen molar-refractivity contribution in [2.75, 3.05) is 0 Å². The molecule has 0 nitrogen and oxygen atoms in total. The van der Waals surface area contributed by atoms with Gasteiger partial charge >= 0.3 is 0 Å². The van der Waals surface area contributed by atoms with Crippen LogP contribution in [-0.4, -0.2) is 0 Å². The Balaban J connectivity index is 2.20. The first-order chi connectivity index (χ1) is 3.22. The summed E-state index contributed by atoms with van der Waals surface area (Å²) in [4.78, 5) is 0. The van der Waals surface area contributed by atoms with Gasteiger partial charge in [0.15, 0.2) is 0 Å². The molecule has 0 aromatic rings. The second-order valence-corrected chi connectivity index (χ2v) is 2.21. The van der Waals surface area contributed by atoms with Crippen LogP contribution in [0.5, 0.6) is 0 Å². The Labute approximate surface area is 41.0 Å². The van der Waals surface area contributed by atoms with Crippen LogP contribution in [-0.2, 0) is 0 Å². The third-order valence-corrected chi connectivity index (χ3v) is 1.60. The van der Waals surface area contributed by atoms with E-state index >= 15 is 0 Å². The third-order valence-electron chi connectivity index (χ3n) is 1.60. The van der Waals surface area contributed by atoms with E-state index in [1.165, 1.54) is 6.42 Å². The summed E-state index contributed by atoms with van der Waals surface area (Å²) in [6.07, 6.45) is 1.49. The van der Waals surface area contributed by atoms with Crippen LogP contribution in [0.3, 0.4) is 0 Å². The summed E-state index contributed by atoms with van der Waals surface area (Å²) in [6.45, 7) is 4.20. The van der Waals surface area contributed by atoms with E-state index in [1.807, 2.05) is 6.92 Å². The van der Waals surface area contributed by atoms with E-state index < -0.39 is 0 Å². The van der Waals surface area contributed by atoms with Gasteiger partial charge in [-0.1, -0.05) is 20.2 Å². The maximum absolute atomic E-state index is 7.23. The Bertz CT molecular complexity index is 68.6. The van der Waals surface area contributed by atoms with Crippen LogP contribution >= 0.6 is 0 Å². The summed E-state index contributed by atoms with van der Waals surface area (Å²) in [7, 11) is 0. The van der Waals surface area contributed by atoms with Gasteiger partial charge in [0.25, 0.3) is 0 Å². The van der Waals surface area contributed by atoms with Crippen LogP contribution in [0, 0.1) is 11.8 Å². The van der Waals surface area contributed by atoms with E-state index in [4.69, 9.17) is 1.37 Å². The summed E-state index contributed by atoms with van der Waals surface area (Å²) < 4.78 is 7.23. The largest absolute Gasteiger partial charge is 0.0651 e. The fraction of sp³-hybridized carbons (Fsp3) is 1.00. The maximum Gasteiger partial charge on any atom is 0.0267 e. The molecule has 0 heterocycles. The van der Waals surface area contributed by atoms with Gasteiger partial charge in [-0.05, 0) is 18.3 Å². The van der Waals surface area contributed by atoms with E-state index in [9.17, 15) is 0 Å². The standard InChI is InChI=1S/C6H12/c1-3-6-4-5(6)2/h5-6H,3-4H2,1-2H3/t5-,6-/m0/s1/i3D/t3?,5-,6-. The van der Waals surface area contributed by atoms with E-state index in [0.717, 1.165) is 11.8 Å². The zero-order valence-electron chi connectivity index (χ0n) is 5.44. The lowest BCUT2D eigenvalue weighted by molar-refractivity contribution is 0.724. The van der Waals surface area contributed by atoms with Crippen molar-refractivity contribution in [2.45, 2.75) is 26.7 Å². The van der Waals surface area contributed by atoms with Crippen LogP contribution in [0.25, 0.3) is 0 Å². The zero-order chi connectivity index (χ0) is 5.44. The van der Waals surface area contributed by atoms with Crippen LogP contribution in [0.15, 0.2) is 0 Å². The molecular formula is C6H12. The lowest BCUT2D eigenvalue weighted by Gasteiger charge is -1.79. The Kier molecular flexibility index (Phi) is 0.638. The lowest BCUT2D eigenvalue weighted by Crippen LogP contribution is -1.68. The highest BCUT2D eigenvalue weighted by molar-refractivity contribution is 4.80. The molecular weight excluding hydrogens is 72.1 g/mol. The van der Waals surface area contributed by atoms with Crippen LogP contribution < -0.4 is 0 Å². The lowest BCUT2D eigenvalue weighted by atomic mass is 10.3.